The molecule has 0 radical (unpaired) electrons. The molecule has 0 saturated carbocycles. The van der Waals surface area contributed by atoms with Crippen molar-refractivity contribution in [3.05, 3.63) is 69.0 Å². The van der Waals surface area contributed by atoms with Gasteiger partial charge in [0.1, 0.15) is 11.4 Å². The molecule has 9 heteroatoms. The van der Waals surface area contributed by atoms with E-state index in [0.29, 0.717) is 14.9 Å². The van der Waals surface area contributed by atoms with Crippen LogP contribution in [0.25, 0.3) is 10.1 Å². The van der Waals surface area contributed by atoms with Crippen molar-refractivity contribution in [1.82, 2.24) is 10.6 Å². The molecule has 3 rings (SSSR count). The molecule has 6 nitrogen and oxygen atoms in total. The zero-order valence-corrected chi connectivity index (χ0v) is 17.4. The van der Waals surface area contributed by atoms with Gasteiger partial charge in [-0.2, -0.15) is 0 Å². The van der Waals surface area contributed by atoms with Gasteiger partial charge < -0.3 is 15.4 Å². The number of rotatable bonds is 7. The van der Waals surface area contributed by atoms with E-state index in [1.165, 1.54) is 11.3 Å². The van der Waals surface area contributed by atoms with E-state index in [0.717, 1.165) is 15.6 Å². The minimum absolute atomic E-state index is 0.219. The van der Waals surface area contributed by atoms with Crippen molar-refractivity contribution < 1.29 is 19.1 Å². The predicted octanol–water partition coefficient (Wildman–Crippen LogP) is 3.80. The summed E-state index contributed by atoms with van der Waals surface area (Å²) < 4.78 is 5.75. The van der Waals surface area contributed by atoms with Crippen LogP contribution < -0.4 is 10.6 Å². The maximum Gasteiger partial charge on any atom is 0.325 e. The Morgan fingerprint density at radius 2 is 1.69 bits per heavy atom. The highest BCUT2D eigenvalue weighted by atomic mass is 35.5. The van der Waals surface area contributed by atoms with Gasteiger partial charge in [-0.15, -0.1) is 11.3 Å². The van der Waals surface area contributed by atoms with Crippen LogP contribution in [0.5, 0.6) is 0 Å². The highest BCUT2D eigenvalue weighted by Gasteiger charge is 2.18. The van der Waals surface area contributed by atoms with Crippen LogP contribution >= 0.6 is 34.5 Å². The Morgan fingerprint density at radius 1 is 0.966 bits per heavy atom. The average Bonchev–Trinajstić information content (AvgIpc) is 3.07. The van der Waals surface area contributed by atoms with E-state index in [-0.39, 0.29) is 13.1 Å². The molecule has 0 atom stereocenters. The number of amides is 2. The molecule has 0 fully saturated rings. The molecule has 3 aromatic rings. The Morgan fingerprint density at radius 3 is 2.45 bits per heavy atom. The Kier molecular flexibility index (Phi) is 7.09. The van der Waals surface area contributed by atoms with Crippen molar-refractivity contribution in [2.24, 2.45) is 0 Å². The number of carbonyl (C=O) groups excluding carboxylic acids is 3. The summed E-state index contributed by atoms with van der Waals surface area (Å²) in [5.41, 5.74) is 0.751. The largest absolute Gasteiger partial charge is 0.454 e. The second kappa shape index (κ2) is 9.73. The molecule has 0 bridgehead atoms. The van der Waals surface area contributed by atoms with E-state index in [1.807, 2.05) is 24.3 Å². The number of nitrogens with one attached hydrogen (secondary N) is 2. The second-order valence-electron chi connectivity index (χ2n) is 5.95. The van der Waals surface area contributed by atoms with Crippen LogP contribution in [0.15, 0.2) is 48.5 Å². The molecular formula is C20H16Cl2N2O4S. The van der Waals surface area contributed by atoms with Gasteiger partial charge in [0.2, 0.25) is 0 Å². The van der Waals surface area contributed by atoms with Crippen LogP contribution in [0.1, 0.15) is 15.2 Å². The van der Waals surface area contributed by atoms with Crippen molar-refractivity contribution in [3.63, 3.8) is 0 Å². The molecule has 0 aliphatic carbocycles. The molecule has 29 heavy (non-hydrogen) atoms. The third-order valence-electron chi connectivity index (χ3n) is 3.93. The van der Waals surface area contributed by atoms with Crippen LogP contribution in [-0.4, -0.2) is 30.9 Å². The van der Waals surface area contributed by atoms with E-state index in [1.54, 1.807) is 24.3 Å². The van der Waals surface area contributed by atoms with Gasteiger partial charge >= 0.3 is 5.97 Å². The first kappa shape index (κ1) is 21.1. The lowest BCUT2D eigenvalue weighted by Crippen LogP contribution is -2.33. The van der Waals surface area contributed by atoms with Crippen molar-refractivity contribution in [2.75, 3.05) is 13.2 Å². The first-order valence-corrected chi connectivity index (χ1v) is 10.1. The molecule has 0 aliphatic heterocycles. The van der Waals surface area contributed by atoms with Crippen molar-refractivity contribution in [2.45, 2.75) is 6.54 Å². The van der Waals surface area contributed by atoms with E-state index >= 15 is 0 Å². The molecular weight excluding hydrogens is 435 g/mol. The molecule has 0 unspecified atom stereocenters. The molecule has 2 aromatic carbocycles. The number of thiophene rings is 1. The lowest BCUT2D eigenvalue weighted by atomic mass is 10.2. The second-order valence-corrected chi connectivity index (χ2v) is 7.79. The summed E-state index contributed by atoms with van der Waals surface area (Å²) in [5.74, 6) is -1.68. The van der Waals surface area contributed by atoms with Gasteiger partial charge in [-0.3, -0.25) is 14.4 Å². The molecule has 150 valence electrons. The summed E-state index contributed by atoms with van der Waals surface area (Å²) in [6, 6.07) is 14.5. The molecule has 0 aliphatic rings. The maximum absolute atomic E-state index is 12.3. The smallest absolute Gasteiger partial charge is 0.325 e. The van der Waals surface area contributed by atoms with Crippen molar-refractivity contribution in [1.29, 1.82) is 0 Å². The van der Waals surface area contributed by atoms with Crippen LogP contribution in [0.2, 0.25) is 10.0 Å². The van der Waals surface area contributed by atoms with Crippen LogP contribution in [0.3, 0.4) is 0 Å². The van der Waals surface area contributed by atoms with Gasteiger partial charge in [-0.25, -0.2) is 0 Å². The van der Waals surface area contributed by atoms with Crippen LogP contribution in [0, 0.1) is 0 Å². The Bertz CT molecular complexity index is 1070. The standard InChI is InChI=1S/C20H16Cl2N2O4S/c21-14-7-3-1-5-12(14)9-23-16(25)11-28-17(26)10-24-20(27)19-18(22)13-6-2-4-8-15(13)29-19/h1-8H,9-11H2,(H,23,25)(H,24,27). The highest BCUT2D eigenvalue weighted by molar-refractivity contribution is 7.21. The first-order valence-electron chi connectivity index (χ1n) is 8.56. The Hall–Kier alpha value is -2.61. The molecule has 0 spiro atoms. The van der Waals surface area contributed by atoms with Gasteiger partial charge in [0.15, 0.2) is 6.61 Å². The number of hydrogen-bond donors (Lipinski definition) is 2. The number of benzene rings is 2. The number of fused-ring (bicyclic) bond motifs is 1. The van der Waals surface area contributed by atoms with Gasteiger partial charge in [0.25, 0.3) is 11.8 Å². The summed E-state index contributed by atoms with van der Waals surface area (Å²) in [5, 5.41) is 6.71. The number of ether oxygens (including phenoxy) is 1. The average molecular weight is 451 g/mol. The third kappa shape index (κ3) is 5.47. The number of halogens is 2. The Balaban J connectivity index is 1.43. The zero-order valence-electron chi connectivity index (χ0n) is 15.0. The van der Waals surface area contributed by atoms with E-state index < -0.39 is 24.4 Å². The van der Waals surface area contributed by atoms with Gasteiger partial charge in [0.05, 0.1) is 5.02 Å². The Labute approximate surface area is 180 Å². The molecule has 1 heterocycles. The van der Waals surface area contributed by atoms with E-state index in [2.05, 4.69) is 10.6 Å². The summed E-state index contributed by atoms with van der Waals surface area (Å²) in [6.45, 7) is -0.610. The van der Waals surface area contributed by atoms with Crippen molar-refractivity contribution >= 4 is 62.4 Å². The number of esters is 1. The van der Waals surface area contributed by atoms with Crippen LogP contribution in [-0.2, 0) is 20.9 Å². The quantitative estimate of drug-likeness (QED) is 0.536. The fraction of sp³-hybridized carbons (Fsp3) is 0.150. The highest BCUT2D eigenvalue weighted by Crippen LogP contribution is 2.34. The first-order chi connectivity index (χ1) is 14.0. The lowest BCUT2D eigenvalue weighted by Gasteiger charge is -2.08. The zero-order chi connectivity index (χ0) is 20.8. The van der Waals surface area contributed by atoms with E-state index in [9.17, 15) is 14.4 Å². The minimum atomic E-state index is -0.733. The SMILES string of the molecule is O=C(COC(=O)CNC(=O)c1sc2ccccc2c1Cl)NCc1ccccc1Cl. The summed E-state index contributed by atoms with van der Waals surface area (Å²) in [6.07, 6.45) is 0. The molecule has 0 saturated heterocycles. The maximum atomic E-state index is 12.3. The van der Waals surface area contributed by atoms with Crippen LogP contribution in [0.4, 0.5) is 0 Å². The summed E-state index contributed by atoms with van der Waals surface area (Å²) in [4.78, 5) is 36.2. The fourth-order valence-corrected chi connectivity index (χ4v) is 4.11. The summed E-state index contributed by atoms with van der Waals surface area (Å²) in [7, 11) is 0. The topological polar surface area (TPSA) is 84.5 Å². The van der Waals surface area contributed by atoms with Crippen molar-refractivity contribution in [3.8, 4) is 0 Å². The van der Waals surface area contributed by atoms with Gasteiger partial charge in [0, 0.05) is 21.7 Å². The molecule has 2 amide bonds. The van der Waals surface area contributed by atoms with Gasteiger partial charge in [-0.05, 0) is 17.7 Å². The number of hydrogen-bond acceptors (Lipinski definition) is 5. The fourth-order valence-electron chi connectivity index (χ4n) is 2.48. The third-order valence-corrected chi connectivity index (χ3v) is 5.98. The molecule has 1 aromatic heterocycles. The monoisotopic (exact) mass is 450 g/mol. The predicted molar refractivity (Wildman–Crippen MR) is 113 cm³/mol. The summed E-state index contributed by atoms with van der Waals surface area (Å²) >= 11 is 13.5. The van der Waals surface area contributed by atoms with E-state index in [4.69, 9.17) is 27.9 Å². The molecule has 2 N–H and O–H groups in total. The minimum Gasteiger partial charge on any atom is -0.454 e. The normalized spacial score (nSPS) is 10.6. The van der Waals surface area contributed by atoms with Gasteiger partial charge in [-0.1, -0.05) is 59.6 Å². The lowest BCUT2D eigenvalue weighted by molar-refractivity contribution is -0.147. The number of carbonyl (C=O) groups is 3.